The average Bonchev–Trinajstić information content (AvgIpc) is 2.37. The lowest BCUT2D eigenvalue weighted by atomic mass is 10.2. The molecular weight excluding hydrogens is 236 g/mol. The number of hydrogen-bond acceptors (Lipinski definition) is 5. The van der Waals surface area contributed by atoms with Crippen molar-refractivity contribution in [1.29, 1.82) is 0 Å². The summed E-state index contributed by atoms with van der Waals surface area (Å²) in [7, 11) is 0. The fourth-order valence-electron chi connectivity index (χ4n) is 1.89. The molecule has 1 saturated heterocycles. The van der Waals surface area contributed by atoms with Gasteiger partial charge >= 0.3 is 0 Å². The van der Waals surface area contributed by atoms with Gasteiger partial charge in [-0.15, -0.1) is 0 Å². The summed E-state index contributed by atoms with van der Waals surface area (Å²) >= 11 is 1.39. The van der Waals surface area contributed by atoms with Crippen LogP contribution in [0.4, 0.5) is 5.82 Å². The summed E-state index contributed by atoms with van der Waals surface area (Å²) in [6.07, 6.45) is 1.93. The Kier molecular flexibility index (Phi) is 4.65. The van der Waals surface area contributed by atoms with Gasteiger partial charge in [-0.3, -0.25) is 0 Å². The van der Waals surface area contributed by atoms with E-state index >= 15 is 0 Å². The third-order valence-corrected chi connectivity index (χ3v) is 3.03. The Balaban J connectivity index is 2.12. The lowest BCUT2D eigenvalue weighted by Crippen LogP contribution is -2.36. The summed E-state index contributed by atoms with van der Waals surface area (Å²) in [6.45, 7) is 6.05. The smallest absolute Gasteiger partial charge is 0.129 e. The Labute approximate surface area is 107 Å². The minimum atomic E-state index is 0.627. The molecule has 0 aromatic carbocycles. The highest BCUT2D eigenvalue weighted by atomic mass is 32.2. The predicted molar refractivity (Wildman–Crippen MR) is 70.3 cm³/mol. The van der Waals surface area contributed by atoms with E-state index in [4.69, 9.17) is 8.92 Å². The lowest BCUT2D eigenvalue weighted by Gasteiger charge is -2.28. The zero-order valence-corrected chi connectivity index (χ0v) is 11.1. The zero-order chi connectivity index (χ0) is 12.1. The van der Waals surface area contributed by atoms with E-state index in [2.05, 4.69) is 22.0 Å². The molecule has 0 bridgehead atoms. The van der Waals surface area contributed by atoms with Gasteiger partial charge in [0.25, 0.3) is 0 Å². The molecule has 5 heteroatoms. The van der Waals surface area contributed by atoms with Crippen LogP contribution in [-0.2, 0) is 15.5 Å². The zero-order valence-electron chi connectivity index (χ0n) is 10.3. The maximum Gasteiger partial charge on any atom is 0.129 e. The van der Waals surface area contributed by atoms with Crippen molar-refractivity contribution in [3.05, 3.63) is 23.4 Å². The largest absolute Gasteiger partial charge is 0.378 e. The number of hydrogen-bond donors (Lipinski definition) is 0. The fraction of sp³-hybridized carbons (Fsp3) is 0.583. The number of nitrogens with zero attached hydrogens (tertiary/aromatic N) is 2. The molecule has 4 nitrogen and oxygen atoms in total. The number of rotatable bonds is 4. The minimum Gasteiger partial charge on any atom is -0.378 e. The quantitative estimate of drug-likeness (QED) is 0.768. The van der Waals surface area contributed by atoms with Gasteiger partial charge in [0.05, 0.1) is 19.8 Å². The first-order valence-electron chi connectivity index (χ1n) is 5.75. The number of pyridine rings is 1. The molecule has 94 valence electrons. The van der Waals surface area contributed by atoms with E-state index in [-0.39, 0.29) is 0 Å². The molecule has 0 aliphatic carbocycles. The van der Waals surface area contributed by atoms with E-state index in [1.54, 1.807) is 0 Å². The van der Waals surface area contributed by atoms with Crippen LogP contribution in [0.1, 0.15) is 11.3 Å². The summed E-state index contributed by atoms with van der Waals surface area (Å²) in [5.74, 6) is 1.04. The molecule has 1 aromatic heterocycles. The molecule has 0 radical (unpaired) electrons. The second kappa shape index (κ2) is 6.23. The second-order valence-electron chi connectivity index (χ2n) is 4.00. The van der Waals surface area contributed by atoms with Crippen molar-refractivity contribution in [2.45, 2.75) is 13.5 Å². The van der Waals surface area contributed by atoms with Crippen molar-refractivity contribution < 1.29 is 8.92 Å². The molecule has 1 aliphatic rings. The summed E-state index contributed by atoms with van der Waals surface area (Å²) in [4.78, 5) is 6.84. The van der Waals surface area contributed by atoms with E-state index in [1.807, 2.05) is 13.2 Å². The molecule has 0 unspecified atom stereocenters. The SMILES string of the molecule is CSOCc1cc(C)nc(N2CCOCC2)c1. The van der Waals surface area contributed by atoms with Gasteiger partial charge in [-0.25, -0.2) is 4.98 Å². The number of aryl methyl sites for hydroxylation is 1. The summed E-state index contributed by atoms with van der Waals surface area (Å²) in [6, 6.07) is 4.18. The van der Waals surface area contributed by atoms with Crippen molar-refractivity contribution in [2.75, 3.05) is 37.5 Å². The maximum absolute atomic E-state index is 5.36. The highest BCUT2D eigenvalue weighted by molar-refractivity contribution is 7.93. The van der Waals surface area contributed by atoms with Crippen molar-refractivity contribution in [2.24, 2.45) is 0 Å². The Morgan fingerprint density at radius 3 is 2.88 bits per heavy atom. The molecule has 1 aromatic rings. The summed E-state index contributed by atoms with van der Waals surface area (Å²) in [5, 5.41) is 0. The number of aromatic nitrogens is 1. The van der Waals surface area contributed by atoms with Crippen LogP contribution in [0.15, 0.2) is 12.1 Å². The first kappa shape index (κ1) is 12.7. The van der Waals surface area contributed by atoms with Crippen LogP contribution in [0.25, 0.3) is 0 Å². The van der Waals surface area contributed by atoms with E-state index in [0.29, 0.717) is 6.61 Å². The Morgan fingerprint density at radius 1 is 1.41 bits per heavy atom. The van der Waals surface area contributed by atoms with Gasteiger partial charge in [0.2, 0.25) is 0 Å². The standard InChI is InChI=1S/C12H18N2O2S/c1-10-7-11(9-16-17-2)8-12(13-10)14-3-5-15-6-4-14/h7-8H,3-6,9H2,1-2H3. The molecule has 1 fully saturated rings. The molecule has 0 spiro atoms. The van der Waals surface area contributed by atoms with Crippen molar-refractivity contribution in [3.63, 3.8) is 0 Å². The molecule has 1 aliphatic heterocycles. The normalized spacial score (nSPS) is 16.2. The molecule has 2 heterocycles. The minimum absolute atomic E-state index is 0.627. The van der Waals surface area contributed by atoms with Gasteiger partial charge in [0, 0.05) is 25.0 Å². The van der Waals surface area contributed by atoms with Crippen LogP contribution in [0.5, 0.6) is 0 Å². The summed E-state index contributed by atoms with van der Waals surface area (Å²) < 4.78 is 10.7. The molecule has 0 N–H and O–H groups in total. The molecular formula is C12H18N2O2S. The van der Waals surface area contributed by atoms with Crippen LogP contribution in [0, 0.1) is 6.92 Å². The van der Waals surface area contributed by atoms with Crippen molar-refractivity contribution in [3.8, 4) is 0 Å². The van der Waals surface area contributed by atoms with Crippen molar-refractivity contribution >= 4 is 17.9 Å². The molecule has 0 saturated carbocycles. The van der Waals surface area contributed by atoms with Gasteiger partial charge in [-0.1, -0.05) is 0 Å². The highest BCUT2D eigenvalue weighted by Crippen LogP contribution is 2.18. The second-order valence-corrected chi connectivity index (χ2v) is 4.57. The van der Waals surface area contributed by atoms with Crippen LogP contribution in [-0.4, -0.2) is 37.5 Å². The third kappa shape index (κ3) is 3.59. The first-order chi connectivity index (χ1) is 8.29. The maximum atomic E-state index is 5.36. The monoisotopic (exact) mass is 254 g/mol. The highest BCUT2D eigenvalue weighted by Gasteiger charge is 2.13. The van der Waals surface area contributed by atoms with Crippen LogP contribution < -0.4 is 4.90 Å². The Bertz CT molecular complexity index is 368. The average molecular weight is 254 g/mol. The molecule has 17 heavy (non-hydrogen) atoms. The molecule has 2 rings (SSSR count). The van der Waals surface area contributed by atoms with E-state index in [9.17, 15) is 0 Å². The fourth-order valence-corrected chi connectivity index (χ4v) is 2.14. The Hall–Kier alpha value is -0.780. The summed E-state index contributed by atoms with van der Waals surface area (Å²) in [5.41, 5.74) is 2.21. The van der Waals surface area contributed by atoms with E-state index in [1.165, 1.54) is 17.6 Å². The molecule has 0 atom stereocenters. The van der Waals surface area contributed by atoms with E-state index in [0.717, 1.165) is 37.8 Å². The van der Waals surface area contributed by atoms with Crippen LogP contribution >= 0.6 is 12.0 Å². The third-order valence-electron chi connectivity index (χ3n) is 2.68. The van der Waals surface area contributed by atoms with Crippen LogP contribution in [0.2, 0.25) is 0 Å². The first-order valence-corrected chi connectivity index (χ1v) is 6.90. The van der Waals surface area contributed by atoms with Gasteiger partial charge < -0.3 is 13.8 Å². The number of ether oxygens (including phenoxy) is 1. The predicted octanol–water partition coefficient (Wildman–Crippen LogP) is 2.02. The van der Waals surface area contributed by atoms with Gasteiger partial charge in [-0.2, -0.15) is 0 Å². The van der Waals surface area contributed by atoms with Gasteiger partial charge in [-0.05, 0) is 36.7 Å². The van der Waals surface area contributed by atoms with Crippen LogP contribution in [0.3, 0.4) is 0 Å². The molecule has 0 amide bonds. The Morgan fingerprint density at radius 2 is 2.18 bits per heavy atom. The van der Waals surface area contributed by atoms with Crippen molar-refractivity contribution in [1.82, 2.24) is 4.98 Å². The number of morpholine rings is 1. The lowest BCUT2D eigenvalue weighted by molar-refractivity contribution is 0.122. The number of anilines is 1. The van der Waals surface area contributed by atoms with Gasteiger partial charge in [0.15, 0.2) is 0 Å². The van der Waals surface area contributed by atoms with Gasteiger partial charge in [0.1, 0.15) is 5.82 Å². The topological polar surface area (TPSA) is 34.6 Å². The van der Waals surface area contributed by atoms with E-state index < -0.39 is 0 Å².